The van der Waals surface area contributed by atoms with Crippen molar-refractivity contribution in [1.82, 2.24) is 9.55 Å². The minimum atomic E-state index is -2.16. The third kappa shape index (κ3) is 6.54. The molecule has 5 aromatic rings. The maximum atomic E-state index is 12.6. The third-order valence-corrected chi connectivity index (χ3v) is 14.2. The lowest BCUT2D eigenvalue weighted by Gasteiger charge is -2.27. The summed E-state index contributed by atoms with van der Waals surface area (Å²) in [6.45, 7) is 10.4. The van der Waals surface area contributed by atoms with Crippen molar-refractivity contribution in [1.29, 1.82) is 0 Å². The van der Waals surface area contributed by atoms with Crippen molar-refractivity contribution in [3.05, 3.63) is 108 Å². The van der Waals surface area contributed by atoms with E-state index in [0.717, 1.165) is 28.4 Å². The molecule has 5 rings (SSSR count). The first-order valence-corrected chi connectivity index (χ1v) is 20.6. The van der Waals surface area contributed by atoms with E-state index in [1.165, 1.54) is 27.3 Å². The van der Waals surface area contributed by atoms with Crippen molar-refractivity contribution in [3.63, 3.8) is 0 Å². The van der Waals surface area contributed by atoms with Gasteiger partial charge in [0.2, 0.25) is 0 Å². The average Bonchev–Trinajstić information content (AvgIpc) is 3.53. The molecule has 0 N–H and O–H groups in total. The van der Waals surface area contributed by atoms with Crippen LogP contribution < -0.4 is 15.9 Å². The van der Waals surface area contributed by atoms with Gasteiger partial charge in [0, 0.05) is 14.7 Å². The van der Waals surface area contributed by atoms with Crippen molar-refractivity contribution in [2.75, 3.05) is 13.2 Å². The molecule has 3 aromatic carbocycles. The number of nitrogens with zero attached hydrogens (tertiary/aromatic N) is 2. The highest BCUT2D eigenvalue weighted by Crippen LogP contribution is 2.58. The van der Waals surface area contributed by atoms with E-state index < -0.39 is 15.3 Å². The van der Waals surface area contributed by atoms with Gasteiger partial charge in [0.25, 0.3) is 0 Å². The van der Waals surface area contributed by atoms with E-state index in [4.69, 9.17) is 14.5 Å². The molecule has 0 aliphatic carbocycles. The number of esters is 1. The van der Waals surface area contributed by atoms with Crippen LogP contribution in [0.4, 0.5) is 0 Å². The number of hydrogen-bond acceptors (Lipinski definition) is 5. The zero-order chi connectivity index (χ0) is 28.9. The van der Waals surface area contributed by atoms with E-state index in [1.807, 2.05) is 13.0 Å². The first-order chi connectivity index (χ1) is 19.8. The summed E-state index contributed by atoms with van der Waals surface area (Å²) >= 11 is 1.39. The van der Waals surface area contributed by atoms with Crippen LogP contribution in [0.25, 0.3) is 10.3 Å². The Balaban J connectivity index is 1.65. The first-order valence-electron chi connectivity index (χ1n) is 14.1. The fraction of sp³-hybridized carbons (Fsp3) is 0.273. The molecule has 41 heavy (non-hydrogen) atoms. The Morgan fingerprint density at radius 2 is 1.41 bits per heavy atom. The highest BCUT2D eigenvalue weighted by atomic mass is 32.1. The number of carbonyl (C=O) groups is 1. The monoisotopic (exact) mass is 601 g/mol. The molecule has 0 aliphatic heterocycles. The average molecular weight is 602 g/mol. The molecule has 5 nitrogen and oxygen atoms in total. The van der Waals surface area contributed by atoms with Gasteiger partial charge in [-0.3, -0.25) is 4.57 Å². The summed E-state index contributed by atoms with van der Waals surface area (Å²) in [5.74, 6) is 0.669. The number of hydrogen-bond donors (Lipinski definition) is 0. The van der Waals surface area contributed by atoms with E-state index in [9.17, 15) is 4.79 Å². The van der Waals surface area contributed by atoms with Crippen LogP contribution in [-0.4, -0.2) is 36.8 Å². The van der Waals surface area contributed by atoms with Crippen molar-refractivity contribution in [3.8, 4) is 0 Å². The minimum Gasteiger partial charge on any atom is -0.462 e. The van der Waals surface area contributed by atoms with E-state index in [0.29, 0.717) is 24.8 Å². The molecule has 0 fully saturated rings. The summed E-state index contributed by atoms with van der Waals surface area (Å²) in [7, 11) is -3.40. The fourth-order valence-electron chi connectivity index (χ4n) is 5.04. The van der Waals surface area contributed by atoms with Gasteiger partial charge in [0.1, 0.15) is 45.8 Å². The lowest BCUT2D eigenvalue weighted by atomic mass is 10.4. The van der Waals surface area contributed by atoms with E-state index >= 15 is 0 Å². The van der Waals surface area contributed by atoms with Gasteiger partial charge in [-0.15, -0.1) is 11.3 Å². The number of benzene rings is 3. The fourth-order valence-corrected chi connectivity index (χ4v) is 10.9. The molecule has 0 spiro atoms. The molecule has 0 bridgehead atoms. The van der Waals surface area contributed by atoms with Gasteiger partial charge < -0.3 is 9.47 Å². The van der Waals surface area contributed by atoms with E-state index in [-0.39, 0.29) is 5.97 Å². The van der Waals surface area contributed by atoms with Gasteiger partial charge in [0.05, 0.1) is 12.1 Å². The van der Waals surface area contributed by atoms with Crippen LogP contribution in [0, 0.1) is 0 Å². The number of carbonyl (C=O) groups excluding carboxylic acids is 1. The summed E-state index contributed by atoms with van der Waals surface area (Å²) in [6.07, 6.45) is 0.735. The molecule has 2 aromatic heterocycles. The number of rotatable bonds is 12. The predicted octanol–water partition coefficient (Wildman–Crippen LogP) is 7.08. The molecule has 212 valence electrons. The second-order valence-electron chi connectivity index (χ2n) is 11.3. The van der Waals surface area contributed by atoms with Gasteiger partial charge in [-0.05, 0) is 55.4 Å². The molecule has 0 aliphatic rings. The Bertz CT molecular complexity index is 1480. The second kappa shape index (κ2) is 12.8. The second-order valence-corrected chi connectivity index (χ2v) is 21.4. The summed E-state index contributed by atoms with van der Waals surface area (Å²) in [6, 6.07) is 35.6. The number of imidazole rings is 1. The van der Waals surface area contributed by atoms with Crippen LogP contribution in [0.5, 0.6) is 0 Å². The summed E-state index contributed by atoms with van der Waals surface area (Å²) in [5, 5.41) is 3.92. The van der Waals surface area contributed by atoms with Crippen LogP contribution in [0.15, 0.2) is 97.1 Å². The largest absolute Gasteiger partial charge is 0.462 e. The van der Waals surface area contributed by atoms with Gasteiger partial charge in [-0.1, -0.05) is 74.2 Å². The normalized spacial score (nSPS) is 12.1. The van der Waals surface area contributed by atoms with Crippen LogP contribution in [0.2, 0.25) is 25.7 Å². The first kappa shape index (κ1) is 29.4. The SMILES string of the molecule is CCOC(=O)c1cc2c(nc(C[P+](c3ccccc3)(c3ccccc3)c3ccccc3)n2COCC[Si](C)(C)C)s1. The van der Waals surface area contributed by atoms with Crippen molar-refractivity contribution in [2.45, 2.75) is 45.5 Å². The summed E-state index contributed by atoms with van der Waals surface area (Å²) in [5.41, 5.74) is 0.924. The lowest BCUT2D eigenvalue weighted by molar-refractivity contribution is 0.0532. The quantitative estimate of drug-likeness (QED) is 0.0664. The Kier molecular flexibility index (Phi) is 9.20. The summed E-state index contributed by atoms with van der Waals surface area (Å²) in [4.78, 5) is 19.2. The van der Waals surface area contributed by atoms with Crippen LogP contribution >= 0.6 is 18.6 Å². The molecular weight excluding hydrogens is 564 g/mol. The van der Waals surface area contributed by atoms with Crippen molar-refractivity contribution >= 4 is 58.9 Å². The van der Waals surface area contributed by atoms with Crippen LogP contribution in [-0.2, 0) is 22.4 Å². The van der Waals surface area contributed by atoms with Gasteiger partial charge in [-0.25, -0.2) is 9.78 Å². The lowest BCUT2D eigenvalue weighted by Crippen LogP contribution is -2.33. The zero-order valence-electron chi connectivity index (χ0n) is 24.2. The highest BCUT2D eigenvalue weighted by molar-refractivity contribution is 7.95. The topological polar surface area (TPSA) is 53.3 Å². The Morgan fingerprint density at radius 1 is 0.878 bits per heavy atom. The molecule has 2 heterocycles. The molecule has 0 amide bonds. The van der Waals surface area contributed by atoms with Gasteiger partial charge >= 0.3 is 5.97 Å². The Hall–Kier alpha value is -3.09. The molecule has 0 atom stereocenters. The number of ether oxygens (including phenoxy) is 2. The van der Waals surface area contributed by atoms with E-state index in [1.54, 1.807) is 0 Å². The Morgan fingerprint density at radius 3 is 1.90 bits per heavy atom. The number of aromatic nitrogens is 2. The van der Waals surface area contributed by atoms with Gasteiger partial charge in [0.15, 0.2) is 5.82 Å². The standard InChI is InChI=1S/C33H38N2O3PSSi/c1-5-38-33(36)30-23-29-32(40-30)34-31(35(29)25-37-21-22-41(2,3)4)24-39(26-15-9-6-10-16-26,27-17-11-7-12-18-27)28-19-13-8-14-20-28/h6-20,23H,5,21-22,24-25H2,1-4H3/q+1. The van der Waals surface area contributed by atoms with Crippen LogP contribution in [0.3, 0.4) is 0 Å². The predicted molar refractivity (Wildman–Crippen MR) is 177 cm³/mol. The van der Waals surface area contributed by atoms with Crippen LogP contribution in [0.1, 0.15) is 22.4 Å². The maximum Gasteiger partial charge on any atom is 0.348 e. The Labute approximate surface area is 248 Å². The minimum absolute atomic E-state index is 0.303. The smallest absolute Gasteiger partial charge is 0.348 e. The number of thiophene rings is 1. The molecular formula is C33H38N2O3PSSi+. The zero-order valence-corrected chi connectivity index (χ0v) is 27.0. The third-order valence-electron chi connectivity index (χ3n) is 7.19. The summed E-state index contributed by atoms with van der Waals surface area (Å²) < 4.78 is 13.8. The van der Waals surface area contributed by atoms with E-state index in [2.05, 4.69) is 115 Å². The molecule has 0 saturated carbocycles. The molecule has 8 heteroatoms. The molecule has 0 radical (unpaired) electrons. The van der Waals surface area contributed by atoms with Crippen molar-refractivity contribution < 1.29 is 14.3 Å². The molecule has 0 saturated heterocycles. The van der Waals surface area contributed by atoms with Gasteiger partial charge in [-0.2, -0.15) is 0 Å². The maximum absolute atomic E-state index is 12.6. The molecule has 0 unspecified atom stereocenters. The van der Waals surface area contributed by atoms with Crippen molar-refractivity contribution in [2.24, 2.45) is 0 Å². The number of fused-ring (bicyclic) bond motifs is 1. The highest BCUT2D eigenvalue weighted by Gasteiger charge is 2.47.